The minimum absolute atomic E-state index is 0.159. The summed E-state index contributed by atoms with van der Waals surface area (Å²) in [5.41, 5.74) is 1.98. The molecule has 2 aromatic rings. The molecular formula is C16H19NO2S2. The average Bonchev–Trinajstić information content (AvgIpc) is 2.99. The fraction of sp³-hybridized carbons (Fsp3) is 0.312. The van der Waals surface area contributed by atoms with Crippen molar-refractivity contribution in [1.29, 1.82) is 0 Å². The van der Waals surface area contributed by atoms with E-state index in [4.69, 9.17) is 0 Å². The first kappa shape index (κ1) is 16.1. The quantitative estimate of drug-likeness (QED) is 0.858. The molecule has 2 rings (SSSR count). The van der Waals surface area contributed by atoms with Crippen LogP contribution in [0.1, 0.15) is 17.3 Å². The standard InChI is InChI=1S/C16H19NO2S2/c1-16(19,11-20-2)10-17-15(18)13-5-3-12(4-6-13)14-7-8-21-9-14/h3-9,19H,10-11H2,1-2H3,(H,17,18). The molecule has 0 saturated heterocycles. The molecule has 0 aliphatic rings. The van der Waals surface area contributed by atoms with Crippen molar-refractivity contribution in [2.75, 3.05) is 18.6 Å². The molecule has 112 valence electrons. The normalized spacial score (nSPS) is 13.7. The number of thiophene rings is 1. The molecule has 0 spiro atoms. The predicted octanol–water partition coefficient (Wildman–Crippen LogP) is 3.26. The number of carbonyl (C=O) groups excluding carboxylic acids is 1. The van der Waals surface area contributed by atoms with Crippen molar-refractivity contribution in [3.05, 3.63) is 46.7 Å². The molecule has 0 aliphatic carbocycles. The minimum Gasteiger partial charge on any atom is -0.387 e. The number of hydrogen-bond acceptors (Lipinski definition) is 4. The van der Waals surface area contributed by atoms with Crippen molar-refractivity contribution in [1.82, 2.24) is 5.32 Å². The van der Waals surface area contributed by atoms with Crippen molar-refractivity contribution in [3.8, 4) is 11.1 Å². The molecule has 2 N–H and O–H groups in total. The van der Waals surface area contributed by atoms with E-state index in [1.165, 1.54) is 0 Å². The summed E-state index contributed by atoms with van der Waals surface area (Å²) in [6, 6.07) is 9.56. The number of nitrogens with one attached hydrogen (secondary N) is 1. The molecular weight excluding hydrogens is 302 g/mol. The third-order valence-corrected chi connectivity index (χ3v) is 4.68. The molecule has 21 heavy (non-hydrogen) atoms. The Bertz CT molecular complexity index is 577. The van der Waals surface area contributed by atoms with Gasteiger partial charge in [0, 0.05) is 17.9 Å². The van der Waals surface area contributed by atoms with Crippen LogP contribution < -0.4 is 5.32 Å². The maximum Gasteiger partial charge on any atom is 0.251 e. The van der Waals surface area contributed by atoms with Crippen molar-refractivity contribution < 1.29 is 9.90 Å². The lowest BCUT2D eigenvalue weighted by Crippen LogP contribution is -2.42. The third-order valence-electron chi connectivity index (χ3n) is 3.09. The lowest BCUT2D eigenvalue weighted by molar-refractivity contribution is 0.0725. The van der Waals surface area contributed by atoms with Gasteiger partial charge in [0.25, 0.3) is 5.91 Å². The Balaban J connectivity index is 1.97. The van der Waals surface area contributed by atoms with Gasteiger partial charge in [0.15, 0.2) is 0 Å². The maximum absolute atomic E-state index is 12.1. The first-order valence-electron chi connectivity index (χ1n) is 6.64. The number of carbonyl (C=O) groups is 1. The number of benzene rings is 1. The van der Waals surface area contributed by atoms with Crippen LogP contribution in [-0.4, -0.2) is 35.2 Å². The van der Waals surface area contributed by atoms with E-state index in [2.05, 4.69) is 16.8 Å². The molecule has 1 aromatic heterocycles. The second kappa shape index (κ2) is 7.11. The molecule has 0 saturated carbocycles. The van der Waals surface area contributed by atoms with E-state index in [-0.39, 0.29) is 12.5 Å². The zero-order valence-corrected chi connectivity index (χ0v) is 13.8. The summed E-state index contributed by atoms with van der Waals surface area (Å²) < 4.78 is 0. The van der Waals surface area contributed by atoms with E-state index in [1.54, 1.807) is 30.0 Å². The van der Waals surface area contributed by atoms with Gasteiger partial charge < -0.3 is 10.4 Å². The lowest BCUT2D eigenvalue weighted by Gasteiger charge is -2.22. The van der Waals surface area contributed by atoms with Gasteiger partial charge in [0.05, 0.1) is 5.60 Å². The van der Waals surface area contributed by atoms with Gasteiger partial charge in [-0.15, -0.1) is 0 Å². The Morgan fingerprint density at radius 3 is 2.57 bits per heavy atom. The van der Waals surface area contributed by atoms with E-state index >= 15 is 0 Å². The molecule has 3 nitrogen and oxygen atoms in total. The summed E-state index contributed by atoms with van der Waals surface area (Å²) in [6.45, 7) is 1.97. The van der Waals surface area contributed by atoms with Crippen LogP contribution in [0.2, 0.25) is 0 Å². The van der Waals surface area contributed by atoms with Gasteiger partial charge >= 0.3 is 0 Å². The molecule has 1 unspecified atom stereocenters. The van der Waals surface area contributed by atoms with Crippen LogP contribution in [0.3, 0.4) is 0 Å². The molecule has 0 radical (unpaired) electrons. The van der Waals surface area contributed by atoms with Crippen molar-refractivity contribution >= 4 is 29.0 Å². The second-order valence-electron chi connectivity index (χ2n) is 5.20. The van der Waals surface area contributed by atoms with Crippen LogP contribution in [0.15, 0.2) is 41.1 Å². The smallest absolute Gasteiger partial charge is 0.251 e. The van der Waals surface area contributed by atoms with Crippen LogP contribution in [-0.2, 0) is 0 Å². The summed E-state index contributed by atoms with van der Waals surface area (Å²) in [7, 11) is 0. The van der Waals surface area contributed by atoms with Crippen LogP contribution in [0.25, 0.3) is 11.1 Å². The van der Waals surface area contributed by atoms with Gasteiger partial charge in [-0.3, -0.25) is 4.79 Å². The van der Waals surface area contributed by atoms with Crippen LogP contribution in [0, 0.1) is 0 Å². The van der Waals surface area contributed by atoms with E-state index < -0.39 is 5.60 Å². The number of amides is 1. The van der Waals surface area contributed by atoms with Crippen LogP contribution in [0.4, 0.5) is 0 Å². The highest BCUT2D eigenvalue weighted by atomic mass is 32.2. The highest BCUT2D eigenvalue weighted by molar-refractivity contribution is 7.98. The Morgan fingerprint density at radius 1 is 1.29 bits per heavy atom. The Kier molecular flexibility index (Phi) is 5.45. The fourth-order valence-electron chi connectivity index (χ4n) is 1.98. The maximum atomic E-state index is 12.1. The van der Waals surface area contributed by atoms with Crippen LogP contribution >= 0.6 is 23.1 Å². The first-order chi connectivity index (χ1) is 10.0. The molecule has 0 fully saturated rings. The number of aliphatic hydroxyl groups is 1. The Morgan fingerprint density at radius 2 is 2.00 bits per heavy atom. The molecule has 0 bridgehead atoms. The molecule has 1 atom stereocenters. The largest absolute Gasteiger partial charge is 0.387 e. The summed E-state index contributed by atoms with van der Waals surface area (Å²) >= 11 is 3.21. The number of hydrogen-bond donors (Lipinski definition) is 2. The Labute approximate surface area is 133 Å². The topological polar surface area (TPSA) is 49.3 Å². The van der Waals surface area contributed by atoms with Crippen molar-refractivity contribution in [2.24, 2.45) is 0 Å². The van der Waals surface area contributed by atoms with Gasteiger partial charge in [-0.25, -0.2) is 0 Å². The van der Waals surface area contributed by atoms with Gasteiger partial charge in [0.2, 0.25) is 0 Å². The monoisotopic (exact) mass is 321 g/mol. The SMILES string of the molecule is CSCC(C)(O)CNC(=O)c1ccc(-c2ccsc2)cc1. The van der Waals surface area contributed by atoms with E-state index in [1.807, 2.05) is 35.9 Å². The summed E-state index contributed by atoms with van der Waals surface area (Å²) in [5.74, 6) is 0.429. The zero-order valence-electron chi connectivity index (χ0n) is 12.1. The van der Waals surface area contributed by atoms with Crippen molar-refractivity contribution in [2.45, 2.75) is 12.5 Å². The molecule has 1 amide bonds. The molecule has 1 aromatic carbocycles. The molecule has 5 heteroatoms. The number of rotatable bonds is 6. The predicted molar refractivity (Wildman–Crippen MR) is 91.1 cm³/mol. The van der Waals surface area contributed by atoms with Gasteiger partial charge in [-0.2, -0.15) is 23.1 Å². The molecule has 0 aliphatic heterocycles. The average molecular weight is 321 g/mol. The van der Waals surface area contributed by atoms with E-state index in [9.17, 15) is 9.90 Å². The third kappa shape index (κ3) is 4.59. The van der Waals surface area contributed by atoms with Crippen LogP contribution in [0.5, 0.6) is 0 Å². The summed E-state index contributed by atoms with van der Waals surface area (Å²) in [6.07, 6.45) is 1.93. The first-order valence-corrected chi connectivity index (χ1v) is 8.98. The second-order valence-corrected chi connectivity index (χ2v) is 6.85. The van der Waals surface area contributed by atoms with E-state index in [0.29, 0.717) is 11.3 Å². The molecule has 1 heterocycles. The number of thioether (sulfide) groups is 1. The highest BCUT2D eigenvalue weighted by Crippen LogP contribution is 2.22. The summed E-state index contributed by atoms with van der Waals surface area (Å²) in [5, 5.41) is 16.9. The van der Waals surface area contributed by atoms with Gasteiger partial charge in [0.1, 0.15) is 0 Å². The minimum atomic E-state index is -0.883. The van der Waals surface area contributed by atoms with E-state index in [0.717, 1.165) is 11.1 Å². The fourth-order valence-corrected chi connectivity index (χ4v) is 3.37. The lowest BCUT2D eigenvalue weighted by atomic mass is 10.1. The summed E-state index contributed by atoms with van der Waals surface area (Å²) in [4.78, 5) is 12.1. The van der Waals surface area contributed by atoms with Gasteiger partial charge in [-0.1, -0.05) is 12.1 Å². The van der Waals surface area contributed by atoms with Gasteiger partial charge in [-0.05, 0) is 53.3 Å². The highest BCUT2D eigenvalue weighted by Gasteiger charge is 2.20. The van der Waals surface area contributed by atoms with Crippen molar-refractivity contribution in [3.63, 3.8) is 0 Å². The zero-order chi connectivity index (χ0) is 15.3. The Hall–Kier alpha value is -1.30.